The molecule has 0 aliphatic rings. The van der Waals surface area contributed by atoms with Crippen molar-refractivity contribution in [1.29, 1.82) is 0 Å². The molecule has 0 radical (unpaired) electrons. The van der Waals surface area contributed by atoms with Crippen molar-refractivity contribution in [3.8, 4) is 0 Å². The Hall–Kier alpha value is 2.37. The van der Waals surface area contributed by atoms with E-state index in [-0.39, 0.29) is 59.1 Å². The Kier molecular flexibility index (Phi) is 13.1. The Morgan fingerprint density at radius 2 is 1.43 bits per heavy atom. The molecule has 14 heteroatoms. The fourth-order valence-electron chi connectivity index (χ4n) is 0.229. The molecule has 0 aromatic rings. The molecule has 0 aliphatic carbocycles. The third kappa shape index (κ3) is 14.4. The van der Waals surface area contributed by atoms with Crippen LogP contribution in [0, 0.1) is 0 Å². The minimum atomic E-state index is -5.23. The molecule has 0 bridgehead atoms. The molecule has 0 aliphatic heterocycles. The first-order chi connectivity index (χ1) is 5.12. The molecule has 0 spiro atoms. The van der Waals surface area contributed by atoms with E-state index in [4.69, 9.17) is 19.2 Å². The second-order valence-corrected chi connectivity index (χ2v) is 4.93. The topological polar surface area (TPSA) is 151 Å². The van der Waals surface area contributed by atoms with Crippen molar-refractivity contribution < 1.29 is 40.9 Å². The van der Waals surface area contributed by atoms with Gasteiger partial charge in [0.05, 0.1) is 0 Å². The van der Waals surface area contributed by atoms with Crippen LogP contribution in [0.2, 0.25) is 0 Å². The molecule has 0 amide bonds. The Bertz CT molecular complexity index is 268. The summed E-state index contributed by atoms with van der Waals surface area (Å²) in [7, 11) is -10.4. The summed E-state index contributed by atoms with van der Waals surface area (Å²) in [5.74, 6) is 0. The van der Waals surface area contributed by atoms with E-state index in [1.807, 2.05) is 0 Å². The van der Waals surface area contributed by atoms with Crippen LogP contribution in [-0.4, -0.2) is 82.6 Å². The van der Waals surface area contributed by atoms with Crippen molar-refractivity contribution >= 4 is 86.1 Å². The quantitative estimate of drug-likeness (QED) is 0.263. The van der Waals surface area contributed by atoms with E-state index in [1.54, 1.807) is 0 Å². The third-order valence-corrected chi connectivity index (χ3v) is 3.31. The zero-order valence-electron chi connectivity index (χ0n) is 5.13. The Labute approximate surface area is 125 Å². The van der Waals surface area contributed by atoms with E-state index in [0.717, 1.165) is 0 Å². The SMILES string of the molecule is O=S(O)OP(=O)(O)OP(=O)(O)O.[NaH].[NaH]. The zero-order chi connectivity index (χ0) is 9.99. The van der Waals surface area contributed by atoms with Gasteiger partial charge in [0.25, 0.3) is 0 Å². The molecule has 9 nitrogen and oxygen atoms in total. The molecule has 78 valence electrons. The van der Waals surface area contributed by atoms with Gasteiger partial charge in [0.1, 0.15) is 0 Å². The molecule has 0 aromatic heterocycles. The fraction of sp³-hybridized carbons (Fsp3) is 0. The van der Waals surface area contributed by atoms with Gasteiger partial charge in [-0.2, -0.15) is 12.5 Å². The molecule has 4 N–H and O–H groups in total. The van der Waals surface area contributed by atoms with Crippen LogP contribution in [0.1, 0.15) is 0 Å². The van der Waals surface area contributed by atoms with Crippen molar-refractivity contribution in [2.45, 2.75) is 0 Å². The predicted octanol–water partition coefficient (Wildman–Crippen LogP) is -1.95. The van der Waals surface area contributed by atoms with Gasteiger partial charge in [-0.1, -0.05) is 0 Å². The maximum absolute atomic E-state index is 10.3. The summed E-state index contributed by atoms with van der Waals surface area (Å²) in [5, 5.41) is 0. The van der Waals surface area contributed by atoms with E-state index >= 15 is 0 Å². The molecular weight excluding hydrogens is 284 g/mol. The normalized spacial score (nSPS) is 17.1. The van der Waals surface area contributed by atoms with E-state index in [1.165, 1.54) is 0 Å². The van der Waals surface area contributed by atoms with Crippen LogP contribution in [0.3, 0.4) is 0 Å². The molecular formula is H6Na2O9P2S. The first-order valence-corrected chi connectivity index (χ1v) is 6.09. The predicted molar refractivity (Wildman–Crippen MR) is 49.1 cm³/mol. The molecule has 0 fully saturated rings. The van der Waals surface area contributed by atoms with Gasteiger partial charge in [0.15, 0.2) is 0 Å². The van der Waals surface area contributed by atoms with Gasteiger partial charge in [0, 0.05) is 0 Å². The first-order valence-electron chi connectivity index (χ1n) is 2.03. The summed E-state index contributed by atoms with van der Waals surface area (Å²) >= 11 is -3.15. The molecule has 2 atom stereocenters. The van der Waals surface area contributed by atoms with E-state index in [0.29, 0.717) is 0 Å². The van der Waals surface area contributed by atoms with Crippen LogP contribution < -0.4 is 0 Å². The number of hydrogen-bond acceptors (Lipinski definition) is 5. The third-order valence-electron chi connectivity index (χ3n) is 0.367. The molecule has 0 rings (SSSR count). The molecule has 0 heterocycles. The summed E-state index contributed by atoms with van der Waals surface area (Å²) in [5.41, 5.74) is 0. The van der Waals surface area contributed by atoms with Crippen LogP contribution in [-0.2, 0) is 28.8 Å². The Morgan fingerprint density at radius 1 is 1.07 bits per heavy atom. The van der Waals surface area contributed by atoms with Crippen LogP contribution in [0.15, 0.2) is 0 Å². The number of hydrogen-bond donors (Lipinski definition) is 4. The molecule has 0 saturated heterocycles. The summed E-state index contributed by atoms with van der Waals surface area (Å²) in [6.07, 6.45) is 0. The van der Waals surface area contributed by atoms with E-state index in [9.17, 15) is 13.3 Å². The van der Waals surface area contributed by atoms with Crippen LogP contribution in [0.4, 0.5) is 0 Å². The van der Waals surface area contributed by atoms with E-state index in [2.05, 4.69) is 8.28 Å². The first kappa shape index (κ1) is 21.6. The van der Waals surface area contributed by atoms with Crippen molar-refractivity contribution in [3.05, 3.63) is 0 Å². The summed E-state index contributed by atoms with van der Waals surface area (Å²) in [4.78, 5) is 24.2. The molecule has 2 unspecified atom stereocenters. The molecule has 0 saturated carbocycles. The van der Waals surface area contributed by atoms with Gasteiger partial charge in [-0.15, -0.1) is 0 Å². The van der Waals surface area contributed by atoms with Gasteiger partial charge >= 0.3 is 86.1 Å². The average Bonchev–Trinajstić information content (AvgIpc) is 1.48. The van der Waals surface area contributed by atoms with Crippen molar-refractivity contribution in [1.82, 2.24) is 0 Å². The Balaban J connectivity index is -0.000000605. The minimum absolute atomic E-state index is 0. The number of rotatable bonds is 4. The standard InChI is InChI=1S/2Na.H4O9P2S.2H/c;;1-10(2,3)8-11(4,5)9-12(6)7;;/h;;(H,4,5)(H,6,7)(H2,1,2,3);;. The second-order valence-electron chi connectivity index (χ2n) is 1.33. The molecule has 0 aromatic carbocycles. The van der Waals surface area contributed by atoms with Crippen molar-refractivity contribution in [2.24, 2.45) is 0 Å². The van der Waals surface area contributed by atoms with Gasteiger partial charge in [-0.25, -0.2) is 9.13 Å². The van der Waals surface area contributed by atoms with Crippen LogP contribution >= 0.6 is 15.6 Å². The maximum atomic E-state index is 10.3. The van der Waals surface area contributed by atoms with Gasteiger partial charge in [-0.05, 0) is 0 Å². The number of phosphoric acid groups is 2. The van der Waals surface area contributed by atoms with Crippen LogP contribution in [0.5, 0.6) is 0 Å². The fourth-order valence-corrected chi connectivity index (χ4v) is 2.30. The van der Waals surface area contributed by atoms with Crippen molar-refractivity contribution in [3.63, 3.8) is 0 Å². The van der Waals surface area contributed by atoms with Gasteiger partial charge < -0.3 is 14.7 Å². The van der Waals surface area contributed by atoms with E-state index < -0.39 is 27.0 Å². The van der Waals surface area contributed by atoms with Gasteiger partial charge in [-0.3, -0.25) is 4.55 Å². The average molecular weight is 290 g/mol. The summed E-state index contributed by atoms with van der Waals surface area (Å²) in [6.45, 7) is 0. The summed E-state index contributed by atoms with van der Waals surface area (Å²) in [6, 6.07) is 0. The van der Waals surface area contributed by atoms with Gasteiger partial charge in [0.2, 0.25) is 0 Å². The monoisotopic (exact) mass is 290 g/mol. The summed E-state index contributed by atoms with van der Waals surface area (Å²) < 4.78 is 44.2. The Morgan fingerprint density at radius 3 is 1.64 bits per heavy atom. The molecule has 14 heavy (non-hydrogen) atoms. The zero-order valence-corrected chi connectivity index (χ0v) is 7.74. The van der Waals surface area contributed by atoms with Crippen molar-refractivity contribution in [2.75, 3.05) is 0 Å². The second kappa shape index (κ2) is 8.46. The van der Waals surface area contributed by atoms with Crippen LogP contribution in [0.25, 0.3) is 0 Å².